The number of para-hydroxylation sites is 1. The average molecular weight is 397 g/mol. The Hall–Kier alpha value is -2.51. The van der Waals surface area contributed by atoms with Gasteiger partial charge in [0.1, 0.15) is 0 Å². The number of rotatable bonds is 6. The second-order valence-corrected chi connectivity index (χ2v) is 8.36. The number of benzene rings is 1. The monoisotopic (exact) mass is 396 g/mol. The highest BCUT2D eigenvalue weighted by Gasteiger charge is 2.17. The van der Waals surface area contributed by atoms with Crippen LogP contribution in [0.15, 0.2) is 41.9 Å². The van der Waals surface area contributed by atoms with Crippen LogP contribution >= 0.6 is 22.7 Å². The van der Waals surface area contributed by atoms with E-state index in [9.17, 15) is 4.79 Å². The summed E-state index contributed by atoms with van der Waals surface area (Å²) in [5.74, 6) is -0.0322. The smallest absolute Gasteiger partial charge is 0.253 e. The summed E-state index contributed by atoms with van der Waals surface area (Å²) in [4.78, 5) is 21.6. The normalized spacial score (nSPS) is 11.2. The molecule has 0 bridgehead atoms. The van der Waals surface area contributed by atoms with Crippen LogP contribution in [0.25, 0.3) is 15.3 Å². The maximum atomic E-state index is 12.6. The van der Waals surface area contributed by atoms with Gasteiger partial charge in [-0.05, 0) is 38.5 Å². The number of fused-ring (bicyclic) bond motifs is 1. The van der Waals surface area contributed by atoms with Crippen molar-refractivity contribution in [1.29, 1.82) is 0 Å². The molecule has 27 heavy (non-hydrogen) atoms. The molecule has 3 heterocycles. The van der Waals surface area contributed by atoms with Gasteiger partial charge < -0.3 is 5.32 Å². The first kappa shape index (κ1) is 17.9. The highest BCUT2D eigenvalue weighted by molar-refractivity contribution is 7.18. The summed E-state index contributed by atoms with van der Waals surface area (Å²) in [5.41, 5.74) is 3.70. The van der Waals surface area contributed by atoms with Crippen LogP contribution in [0.3, 0.4) is 0 Å². The van der Waals surface area contributed by atoms with E-state index in [2.05, 4.69) is 21.4 Å². The second kappa shape index (κ2) is 7.62. The van der Waals surface area contributed by atoms with Crippen molar-refractivity contribution in [3.8, 4) is 5.13 Å². The highest BCUT2D eigenvalue weighted by atomic mass is 32.1. The lowest BCUT2D eigenvalue weighted by atomic mass is 10.2. The van der Waals surface area contributed by atoms with Crippen LogP contribution in [0.5, 0.6) is 0 Å². The molecule has 4 aromatic rings. The minimum absolute atomic E-state index is 0.0322. The molecule has 0 aliphatic heterocycles. The third kappa shape index (κ3) is 3.65. The number of nitrogens with zero attached hydrogens (tertiary/aromatic N) is 3. The van der Waals surface area contributed by atoms with Gasteiger partial charge in [0, 0.05) is 35.9 Å². The Bertz CT molecular complexity index is 1050. The molecule has 3 aromatic heterocycles. The molecular weight excluding hydrogens is 376 g/mol. The van der Waals surface area contributed by atoms with Crippen molar-refractivity contribution >= 4 is 38.8 Å². The van der Waals surface area contributed by atoms with Gasteiger partial charge in [-0.2, -0.15) is 0 Å². The molecular formula is C20H20N4OS2. The predicted octanol–water partition coefficient (Wildman–Crippen LogP) is 4.52. The lowest BCUT2D eigenvalue weighted by Crippen LogP contribution is -2.25. The molecule has 1 aromatic carbocycles. The molecule has 1 amide bonds. The molecule has 0 fully saturated rings. The molecule has 0 aliphatic carbocycles. The standard InChI is InChI=1S/C20H20N4OS2/c1-13-12-15(14(2)24(13)20-22-10-11-26-20)19(25)21-9-5-8-18-23-16-6-3-4-7-17(16)27-18/h3-4,6-7,10-12H,5,8-9H2,1-2H3,(H,21,25). The summed E-state index contributed by atoms with van der Waals surface area (Å²) in [5, 5.41) is 6.98. The number of amides is 1. The molecule has 0 saturated carbocycles. The topological polar surface area (TPSA) is 59.8 Å². The number of hydrogen-bond donors (Lipinski definition) is 1. The van der Waals surface area contributed by atoms with E-state index in [0.717, 1.165) is 39.9 Å². The van der Waals surface area contributed by atoms with Crippen LogP contribution in [0.4, 0.5) is 0 Å². The first-order chi connectivity index (χ1) is 13.1. The summed E-state index contributed by atoms with van der Waals surface area (Å²) in [6, 6.07) is 10.1. The van der Waals surface area contributed by atoms with Crippen LogP contribution in [0.1, 0.15) is 33.2 Å². The Morgan fingerprint density at radius 2 is 2.11 bits per heavy atom. The number of carbonyl (C=O) groups is 1. The minimum Gasteiger partial charge on any atom is -0.352 e. The van der Waals surface area contributed by atoms with Gasteiger partial charge in [0.05, 0.1) is 20.8 Å². The number of nitrogens with one attached hydrogen (secondary N) is 1. The van der Waals surface area contributed by atoms with E-state index in [4.69, 9.17) is 0 Å². The maximum absolute atomic E-state index is 12.6. The van der Waals surface area contributed by atoms with Crippen LogP contribution < -0.4 is 5.32 Å². The first-order valence-corrected chi connectivity index (χ1v) is 10.5. The lowest BCUT2D eigenvalue weighted by Gasteiger charge is -2.06. The number of carbonyl (C=O) groups excluding carboxylic acids is 1. The van der Waals surface area contributed by atoms with Crippen molar-refractivity contribution in [2.24, 2.45) is 0 Å². The number of thiazole rings is 2. The van der Waals surface area contributed by atoms with Crippen molar-refractivity contribution in [1.82, 2.24) is 19.9 Å². The molecule has 138 valence electrons. The Kier molecular flexibility index (Phi) is 5.05. The number of aromatic nitrogens is 3. The fraction of sp³-hybridized carbons (Fsp3) is 0.250. The van der Waals surface area contributed by atoms with Crippen molar-refractivity contribution < 1.29 is 4.79 Å². The van der Waals surface area contributed by atoms with E-state index in [1.54, 1.807) is 28.9 Å². The summed E-state index contributed by atoms with van der Waals surface area (Å²) >= 11 is 3.29. The van der Waals surface area contributed by atoms with E-state index < -0.39 is 0 Å². The van der Waals surface area contributed by atoms with Crippen molar-refractivity contribution in [2.45, 2.75) is 26.7 Å². The number of aryl methyl sites for hydroxylation is 2. The third-order valence-corrected chi connectivity index (χ3v) is 6.33. The van der Waals surface area contributed by atoms with E-state index in [0.29, 0.717) is 12.1 Å². The summed E-state index contributed by atoms with van der Waals surface area (Å²) in [6.45, 7) is 4.60. The zero-order chi connectivity index (χ0) is 18.8. The van der Waals surface area contributed by atoms with Gasteiger partial charge in [-0.3, -0.25) is 9.36 Å². The molecule has 0 radical (unpaired) electrons. The second-order valence-electron chi connectivity index (χ2n) is 6.37. The number of hydrogen-bond acceptors (Lipinski definition) is 5. The van der Waals surface area contributed by atoms with Crippen molar-refractivity contribution in [3.63, 3.8) is 0 Å². The van der Waals surface area contributed by atoms with Gasteiger partial charge >= 0.3 is 0 Å². The van der Waals surface area contributed by atoms with Gasteiger partial charge in [-0.1, -0.05) is 12.1 Å². The van der Waals surface area contributed by atoms with Gasteiger partial charge in [0.25, 0.3) is 5.91 Å². The highest BCUT2D eigenvalue weighted by Crippen LogP contribution is 2.23. The molecule has 4 rings (SSSR count). The first-order valence-electron chi connectivity index (χ1n) is 8.85. The zero-order valence-electron chi connectivity index (χ0n) is 15.2. The van der Waals surface area contributed by atoms with E-state index in [1.165, 1.54) is 4.70 Å². The summed E-state index contributed by atoms with van der Waals surface area (Å²) < 4.78 is 3.24. The Labute approximate surface area is 165 Å². The zero-order valence-corrected chi connectivity index (χ0v) is 16.9. The van der Waals surface area contributed by atoms with Gasteiger partial charge in [0.15, 0.2) is 5.13 Å². The van der Waals surface area contributed by atoms with Crippen molar-refractivity contribution in [2.75, 3.05) is 6.54 Å². The van der Waals surface area contributed by atoms with Crippen LogP contribution in [0.2, 0.25) is 0 Å². The van der Waals surface area contributed by atoms with Gasteiger partial charge in [-0.25, -0.2) is 9.97 Å². The van der Waals surface area contributed by atoms with Crippen LogP contribution in [0, 0.1) is 13.8 Å². The van der Waals surface area contributed by atoms with Gasteiger partial charge in [-0.15, -0.1) is 22.7 Å². The Morgan fingerprint density at radius 3 is 2.89 bits per heavy atom. The largest absolute Gasteiger partial charge is 0.352 e. The fourth-order valence-electron chi connectivity index (χ4n) is 3.18. The molecule has 0 atom stereocenters. The predicted molar refractivity (Wildman–Crippen MR) is 111 cm³/mol. The molecule has 5 nitrogen and oxygen atoms in total. The third-order valence-electron chi connectivity index (χ3n) is 4.48. The lowest BCUT2D eigenvalue weighted by molar-refractivity contribution is 0.0952. The van der Waals surface area contributed by atoms with Gasteiger partial charge in [0.2, 0.25) is 0 Å². The molecule has 0 saturated heterocycles. The van der Waals surface area contributed by atoms with E-state index >= 15 is 0 Å². The molecule has 1 N–H and O–H groups in total. The fourth-order valence-corrected chi connectivity index (χ4v) is 4.94. The van der Waals surface area contributed by atoms with Crippen LogP contribution in [-0.2, 0) is 6.42 Å². The van der Waals surface area contributed by atoms with Crippen molar-refractivity contribution in [3.05, 3.63) is 63.9 Å². The molecule has 0 spiro atoms. The Morgan fingerprint density at radius 1 is 1.26 bits per heavy atom. The summed E-state index contributed by atoms with van der Waals surface area (Å²) in [7, 11) is 0. The Balaban J connectivity index is 1.36. The SMILES string of the molecule is Cc1cc(C(=O)NCCCc2nc3ccccc3s2)c(C)n1-c1nccs1. The minimum atomic E-state index is -0.0322. The molecule has 0 aliphatic rings. The quantitative estimate of drug-likeness (QED) is 0.487. The molecule has 0 unspecified atom stereocenters. The van der Waals surface area contributed by atoms with E-state index in [1.807, 2.05) is 48.1 Å². The van der Waals surface area contributed by atoms with E-state index in [-0.39, 0.29) is 5.91 Å². The van der Waals surface area contributed by atoms with Crippen LogP contribution in [-0.4, -0.2) is 27.0 Å². The molecule has 7 heteroatoms. The maximum Gasteiger partial charge on any atom is 0.253 e. The average Bonchev–Trinajstić information content (AvgIpc) is 3.37. The summed E-state index contributed by atoms with van der Waals surface area (Å²) in [6.07, 6.45) is 3.52.